The summed E-state index contributed by atoms with van der Waals surface area (Å²) in [5, 5.41) is 14.8. The molecule has 0 aromatic carbocycles. The number of hydrogen-bond acceptors (Lipinski definition) is 2. The average Bonchev–Trinajstić information content (AvgIpc) is 1.36. The van der Waals surface area contributed by atoms with Gasteiger partial charge in [0.25, 0.3) is 0 Å². The minimum Gasteiger partial charge on any atom is -0.473 e. The maximum atomic E-state index is 9.10. The van der Waals surface area contributed by atoms with Crippen LogP contribution in [-0.2, 0) is 43.1 Å². The Labute approximate surface area is 65.7 Å². The smallest absolute Gasteiger partial charge is 0.414 e. The van der Waals surface area contributed by atoms with Gasteiger partial charge in [-0.15, -0.1) is 0 Å². The molecule has 0 heterocycles. The van der Waals surface area contributed by atoms with E-state index in [2.05, 4.69) is 0 Å². The molecule has 0 aromatic rings. The summed E-state index contributed by atoms with van der Waals surface area (Å²) in [4.78, 5) is 18.2. The number of hydrogen-bond donors (Lipinski definition) is 2. The van der Waals surface area contributed by atoms with E-state index in [1.54, 1.807) is 0 Å². The molecule has 2 N–H and O–H groups in total. The van der Waals surface area contributed by atoms with E-state index in [-0.39, 0.29) is 33.6 Å². The van der Waals surface area contributed by atoms with Crippen LogP contribution in [0.25, 0.3) is 0 Å². The molecular weight excluding hydrogens is 202 g/mol. The van der Waals surface area contributed by atoms with Crippen molar-refractivity contribution in [2.45, 2.75) is 0 Å². The molecule has 0 fully saturated rings. The van der Waals surface area contributed by atoms with Crippen molar-refractivity contribution in [2.24, 2.45) is 0 Å². The first kappa shape index (κ1) is 15.7. The summed E-state index contributed by atoms with van der Waals surface area (Å²) in [6, 6.07) is 0. The number of carboxylic acid groups (broad SMARTS) is 2. The van der Waals surface area contributed by atoms with Gasteiger partial charge in [-0.2, -0.15) is 0 Å². The van der Waals surface area contributed by atoms with Crippen molar-refractivity contribution in [1.29, 1.82) is 0 Å². The van der Waals surface area contributed by atoms with E-state index in [4.69, 9.17) is 19.8 Å². The SMILES string of the molecule is O=C(O)C(=O)O.[Mn].[Ni]. The molecule has 8 heavy (non-hydrogen) atoms. The van der Waals surface area contributed by atoms with Gasteiger partial charge in [0.2, 0.25) is 0 Å². The molecule has 0 unspecified atom stereocenters. The first-order chi connectivity index (χ1) is 2.64. The zero-order valence-corrected chi connectivity index (χ0v) is 5.57. The number of carboxylic acids is 2. The van der Waals surface area contributed by atoms with E-state index in [1.807, 2.05) is 0 Å². The molecule has 0 aliphatic rings. The van der Waals surface area contributed by atoms with Gasteiger partial charge in [0.1, 0.15) is 0 Å². The molecule has 51 valence electrons. The second kappa shape index (κ2) is 6.95. The summed E-state index contributed by atoms with van der Waals surface area (Å²) in [7, 11) is 0. The van der Waals surface area contributed by atoms with E-state index >= 15 is 0 Å². The van der Waals surface area contributed by atoms with Gasteiger partial charge < -0.3 is 10.2 Å². The Morgan fingerprint density at radius 3 is 1.12 bits per heavy atom. The van der Waals surface area contributed by atoms with Crippen molar-refractivity contribution >= 4 is 11.9 Å². The number of rotatable bonds is 0. The molecule has 0 amide bonds. The van der Waals surface area contributed by atoms with E-state index in [0.29, 0.717) is 0 Å². The molecule has 0 spiro atoms. The first-order valence-electron chi connectivity index (χ1n) is 1.11. The fourth-order valence-corrected chi connectivity index (χ4v) is 0. The fraction of sp³-hybridized carbons (Fsp3) is 0. The van der Waals surface area contributed by atoms with Gasteiger partial charge >= 0.3 is 11.9 Å². The van der Waals surface area contributed by atoms with Crippen LogP contribution in [0.4, 0.5) is 0 Å². The Kier molecular flexibility index (Phi) is 13.6. The summed E-state index contributed by atoms with van der Waals surface area (Å²) in [5.74, 6) is -3.65. The summed E-state index contributed by atoms with van der Waals surface area (Å²) >= 11 is 0. The molecule has 0 saturated carbocycles. The number of aliphatic carboxylic acids is 2. The molecule has 0 saturated heterocycles. The molecule has 0 aliphatic heterocycles. The van der Waals surface area contributed by atoms with Crippen molar-refractivity contribution in [3.8, 4) is 0 Å². The van der Waals surface area contributed by atoms with Gasteiger partial charge in [-0.25, -0.2) is 9.59 Å². The molecule has 0 atom stereocenters. The molecule has 0 bridgehead atoms. The third kappa shape index (κ3) is 9.35. The van der Waals surface area contributed by atoms with E-state index in [9.17, 15) is 0 Å². The molecular formula is C2H2MnNiO4. The van der Waals surface area contributed by atoms with Crippen molar-refractivity contribution in [3.05, 3.63) is 0 Å². The Bertz CT molecular complexity index is 80.0. The van der Waals surface area contributed by atoms with Crippen molar-refractivity contribution in [3.63, 3.8) is 0 Å². The minimum absolute atomic E-state index is 0. The Morgan fingerprint density at radius 1 is 1.00 bits per heavy atom. The molecule has 0 rings (SSSR count). The molecule has 4 nitrogen and oxygen atoms in total. The van der Waals surface area contributed by atoms with Gasteiger partial charge in [0.15, 0.2) is 0 Å². The largest absolute Gasteiger partial charge is 0.473 e. The first-order valence-corrected chi connectivity index (χ1v) is 1.11. The third-order valence-electron chi connectivity index (χ3n) is 0.183. The van der Waals surface area contributed by atoms with Crippen LogP contribution in [-0.4, -0.2) is 22.2 Å². The fourth-order valence-electron chi connectivity index (χ4n) is 0. The zero-order valence-electron chi connectivity index (χ0n) is 3.41. The predicted octanol–water partition coefficient (Wildman–Crippen LogP) is -0.849. The molecule has 6 heteroatoms. The minimum atomic E-state index is -1.82. The molecule has 0 aromatic heterocycles. The topological polar surface area (TPSA) is 74.6 Å². The summed E-state index contributed by atoms with van der Waals surface area (Å²) in [5.41, 5.74) is 0. The third-order valence-corrected chi connectivity index (χ3v) is 0.183. The van der Waals surface area contributed by atoms with E-state index < -0.39 is 11.9 Å². The van der Waals surface area contributed by atoms with Crippen LogP contribution in [0.5, 0.6) is 0 Å². The maximum absolute atomic E-state index is 9.10. The Morgan fingerprint density at radius 2 is 1.12 bits per heavy atom. The second-order valence-electron chi connectivity index (χ2n) is 0.610. The van der Waals surface area contributed by atoms with Crippen molar-refractivity contribution in [1.82, 2.24) is 0 Å². The van der Waals surface area contributed by atoms with Crippen LogP contribution in [0.2, 0.25) is 0 Å². The van der Waals surface area contributed by atoms with Crippen molar-refractivity contribution < 1.29 is 53.4 Å². The molecule has 1 radical (unpaired) electrons. The Hall–Kier alpha value is -0.0470. The Balaban J connectivity index is -0.000000125. The zero-order chi connectivity index (χ0) is 5.15. The quantitative estimate of drug-likeness (QED) is 0.397. The van der Waals surface area contributed by atoms with Gasteiger partial charge in [0, 0.05) is 33.6 Å². The van der Waals surface area contributed by atoms with Crippen LogP contribution >= 0.6 is 0 Å². The predicted molar refractivity (Wildman–Crippen MR) is 15.3 cm³/mol. The van der Waals surface area contributed by atoms with Crippen LogP contribution < -0.4 is 0 Å². The van der Waals surface area contributed by atoms with Gasteiger partial charge in [-0.05, 0) is 0 Å². The average molecular weight is 204 g/mol. The van der Waals surface area contributed by atoms with Crippen LogP contribution in [0.15, 0.2) is 0 Å². The van der Waals surface area contributed by atoms with E-state index in [0.717, 1.165) is 0 Å². The van der Waals surface area contributed by atoms with Gasteiger partial charge in [0.05, 0.1) is 0 Å². The standard InChI is InChI=1S/C2H2O4.Mn.Ni/c3-1(4)2(5)6;;/h(H,3,4)(H,5,6);;. The summed E-state index contributed by atoms with van der Waals surface area (Å²) in [6.45, 7) is 0. The van der Waals surface area contributed by atoms with Crippen LogP contribution in [0, 0.1) is 0 Å². The van der Waals surface area contributed by atoms with Crippen LogP contribution in [0.3, 0.4) is 0 Å². The van der Waals surface area contributed by atoms with Crippen LogP contribution in [0.1, 0.15) is 0 Å². The monoisotopic (exact) mass is 203 g/mol. The van der Waals surface area contributed by atoms with E-state index in [1.165, 1.54) is 0 Å². The normalized spacial score (nSPS) is 5.50. The van der Waals surface area contributed by atoms with Crippen molar-refractivity contribution in [2.75, 3.05) is 0 Å². The number of carbonyl (C=O) groups is 2. The second-order valence-corrected chi connectivity index (χ2v) is 0.610. The molecule has 0 aliphatic carbocycles. The summed E-state index contributed by atoms with van der Waals surface area (Å²) in [6.07, 6.45) is 0. The van der Waals surface area contributed by atoms with Gasteiger partial charge in [-0.1, -0.05) is 0 Å². The van der Waals surface area contributed by atoms with Gasteiger partial charge in [-0.3, -0.25) is 0 Å². The summed E-state index contributed by atoms with van der Waals surface area (Å²) < 4.78 is 0. The maximum Gasteiger partial charge on any atom is 0.414 e.